The van der Waals surface area contributed by atoms with Gasteiger partial charge in [0.1, 0.15) is 0 Å². The van der Waals surface area contributed by atoms with Crippen LogP contribution in [0.4, 0.5) is 0 Å². The van der Waals surface area contributed by atoms with Gasteiger partial charge in [-0.25, -0.2) is 0 Å². The quantitative estimate of drug-likeness (QED) is 0.753. The van der Waals surface area contributed by atoms with Crippen LogP contribution in [0.15, 0.2) is 30.3 Å². The summed E-state index contributed by atoms with van der Waals surface area (Å²) >= 11 is 0. The molecule has 0 aliphatic rings. The van der Waals surface area contributed by atoms with Crippen LogP contribution >= 0.6 is 0 Å². The molecule has 0 aromatic heterocycles. The van der Waals surface area contributed by atoms with Crippen LogP contribution in [0, 0.1) is 0 Å². The molecule has 0 radical (unpaired) electrons. The molecular formula is C11H17NO2Si. The molecule has 1 unspecified atom stereocenters. The molecule has 15 heavy (non-hydrogen) atoms. The monoisotopic (exact) mass is 223 g/mol. The minimum atomic E-state index is -0.644. The minimum Gasteiger partial charge on any atom is -0.422 e. The van der Waals surface area contributed by atoms with Crippen LogP contribution in [0.25, 0.3) is 0 Å². The summed E-state index contributed by atoms with van der Waals surface area (Å²) in [4.78, 5) is 11.7. The van der Waals surface area contributed by atoms with Crippen LogP contribution < -0.4 is 5.32 Å². The van der Waals surface area contributed by atoms with Crippen molar-refractivity contribution in [2.24, 2.45) is 0 Å². The van der Waals surface area contributed by atoms with E-state index in [1.165, 1.54) is 0 Å². The lowest BCUT2D eigenvalue weighted by Gasteiger charge is -2.12. The molecule has 1 N–H and O–H groups in total. The van der Waals surface area contributed by atoms with Crippen molar-refractivity contribution in [1.29, 1.82) is 0 Å². The molecule has 0 saturated heterocycles. The van der Waals surface area contributed by atoms with Crippen molar-refractivity contribution in [3.8, 4) is 0 Å². The summed E-state index contributed by atoms with van der Waals surface area (Å²) in [6, 6.07) is 9.24. The van der Waals surface area contributed by atoms with Gasteiger partial charge in [-0.15, -0.1) is 0 Å². The highest BCUT2D eigenvalue weighted by molar-refractivity contribution is 6.30. The first-order valence-corrected chi connectivity index (χ1v) is 6.57. The van der Waals surface area contributed by atoms with E-state index in [4.69, 9.17) is 4.43 Å². The van der Waals surface area contributed by atoms with Crippen molar-refractivity contribution in [2.75, 3.05) is 6.61 Å². The summed E-state index contributed by atoms with van der Waals surface area (Å²) in [5.41, 5.74) is 0.882. The van der Waals surface area contributed by atoms with Gasteiger partial charge < -0.3 is 9.74 Å². The predicted octanol–water partition coefficient (Wildman–Crippen LogP) is 0.883. The number of hydrogen-bond acceptors (Lipinski definition) is 2. The molecule has 82 valence electrons. The number of nitrogens with one attached hydrogen (secondary N) is 1. The van der Waals surface area contributed by atoms with Gasteiger partial charge in [-0.3, -0.25) is 4.79 Å². The number of benzene rings is 1. The van der Waals surface area contributed by atoms with Crippen molar-refractivity contribution >= 4 is 15.7 Å². The molecule has 0 aliphatic heterocycles. The highest BCUT2D eigenvalue weighted by Crippen LogP contribution is 1.98. The van der Waals surface area contributed by atoms with Crippen molar-refractivity contribution in [1.82, 2.24) is 5.32 Å². The minimum absolute atomic E-state index is 0.0182. The van der Waals surface area contributed by atoms with E-state index in [-0.39, 0.29) is 11.6 Å². The van der Waals surface area contributed by atoms with Crippen LogP contribution in [-0.4, -0.2) is 27.9 Å². The normalized spacial score (nSPS) is 12.9. The Morgan fingerprint density at radius 3 is 2.73 bits per heavy atom. The Morgan fingerprint density at radius 2 is 2.13 bits per heavy atom. The molecule has 0 spiro atoms. The lowest BCUT2D eigenvalue weighted by molar-refractivity contribution is 0.0948. The number of hydrogen-bond donors (Lipinski definition) is 1. The Hall–Kier alpha value is -1.13. The Morgan fingerprint density at radius 1 is 1.47 bits per heavy atom. The second-order valence-electron chi connectivity index (χ2n) is 3.40. The number of carbonyl (C=O) groups excluding carboxylic acids is 1. The van der Waals surface area contributed by atoms with Crippen LogP contribution in [0.3, 0.4) is 0 Å². The van der Waals surface area contributed by atoms with Gasteiger partial charge in [0.2, 0.25) is 0 Å². The molecule has 1 amide bonds. The summed E-state index contributed by atoms with van der Waals surface area (Å²) in [7, 11) is -0.644. The smallest absolute Gasteiger partial charge is 0.251 e. The fourth-order valence-corrected chi connectivity index (χ4v) is 2.09. The van der Waals surface area contributed by atoms with Gasteiger partial charge in [0.25, 0.3) is 5.91 Å². The maximum Gasteiger partial charge on any atom is 0.251 e. The van der Waals surface area contributed by atoms with Gasteiger partial charge in [0, 0.05) is 17.8 Å². The largest absolute Gasteiger partial charge is 0.422 e. The Labute approximate surface area is 92.8 Å². The van der Waals surface area contributed by atoms with Crippen LogP contribution in [-0.2, 0) is 4.43 Å². The predicted molar refractivity (Wildman–Crippen MR) is 63.5 cm³/mol. The number of rotatable bonds is 5. The zero-order valence-corrected chi connectivity index (χ0v) is 10.6. The third-order valence-corrected chi connectivity index (χ3v) is 3.33. The fraction of sp³-hybridized carbons (Fsp3) is 0.364. The van der Waals surface area contributed by atoms with Crippen molar-refractivity contribution in [3.05, 3.63) is 35.9 Å². The molecule has 4 heteroatoms. The maximum absolute atomic E-state index is 11.7. The van der Waals surface area contributed by atoms with E-state index in [2.05, 4.69) is 5.32 Å². The lowest BCUT2D eigenvalue weighted by Crippen LogP contribution is -2.37. The molecule has 0 fully saturated rings. The summed E-state index contributed by atoms with van der Waals surface area (Å²) in [5.74, 6) is -0.0182. The fourth-order valence-electron chi connectivity index (χ4n) is 1.23. The molecule has 1 atom stereocenters. The van der Waals surface area contributed by atoms with E-state index in [0.29, 0.717) is 5.56 Å². The summed E-state index contributed by atoms with van der Waals surface area (Å²) in [5, 5.41) is 2.93. The van der Waals surface area contributed by atoms with E-state index < -0.39 is 9.76 Å². The van der Waals surface area contributed by atoms with Crippen LogP contribution in [0.5, 0.6) is 0 Å². The van der Waals surface area contributed by atoms with Crippen LogP contribution in [0.2, 0.25) is 0 Å². The molecule has 1 rings (SSSR count). The van der Waals surface area contributed by atoms with Crippen molar-refractivity contribution < 1.29 is 9.22 Å². The average Bonchev–Trinajstić information content (AvgIpc) is 2.27. The molecule has 3 nitrogen and oxygen atoms in total. The van der Waals surface area contributed by atoms with Gasteiger partial charge in [0.05, 0.1) is 0 Å². The zero-order valence-electron chi connectivity index (χ0n) is 9.19. The Bertz CT molecular complexity index is 303. The highest BCUT2D eigenvalue weighted by atomic mass is 28.2. The Balaban J connectivity index is 2.42. The molecule has 1 aromatic rings. The third-order valence-electron chi connectivity index (χ3n) is 1.99. The van der Waals surface area contributed by atoms with Crippen molar-refractivity contribution in [2.45, 2.75) is 19.5 Å². The van der Waals surface area contributed by atoms with Gasteiger partial charge in [-0.2, -0.15) is 0 Å². The average molecular weight is 223 g/mol. The molecule has 0 saturated carbocycles. The SMILES string of the molecule is CCO[SiH2]C(C)NC(=O)c1ccccc1. The standard InChI is InChI=1S/C11H17NO2Si/c1-3-14-15-9(2)12-11(13)10-7-5-4-6-8-10/h4-9H,3,15H2,1-2H3,(H,12,13). The summed E-state index contributed by atoms with van der Waals surface area (Å²) < 4.78 is 5.36. The van der Waals surface area contributed by atoms with E-state index in [9.17, 15) is 4.79 Å². The molecule has 0 bridgehead atoms. The van der Waals surface area contributed by atoms with E-state index in [0.717, 1.165) is 6.61 Å². The molecule has 0 heterocycles. The van der Waals surface area contributed by atoms with Gasteiger partial charge in [-0.05, 0) is 26.0 Å². The van der Waals surface area contributed by atoms with Crippen LogP contribution in [0.1, 0.15) is 24.2 Å². The maximum atomic E-state index is 11.7. The molecule has 1 aromatic carbocycles. The zero-order chi connectivity index (χ0) is 11.1. The van der Waals surface area contributed by atoms with E-state index in [1.54, 1.807) is 0 Å². The number of carbonyl (C=O) groups is 1. The van der Waals surface area contributed by atoms with Gasteiger partial charge in [-0.1, -0.05) is 18.2 Å². The first kappa shape index (κ1) is 11.9. The van der Waals surface area contributed by atoms with Gasteiger partial charge in [0.15, 0.2) is 9.76 Å². The first-order chi connectivity index (χ1) is 7.24. The topological polar surface area (TPSA) is 38.3 Å². The second kappa shape index (κ2) is 6.37. The summed E-state index contributed by atoms with van der Waals surface area (Å²) in [6.45, 7) is 4.69. The summed E-state index contributed by atoms with van der Waals surface area (Å²) in [6.07, 6.45) is 0. The lowest BCUT2D eigenvalue weighted by atomic mass is 10.2. The van der Waals surface area contributed by atoms with E-state index >= 15 is 0 Å². The van der Waals surface area contributed by atoms with E-state index in [1.807, 2.05) is 44.2 Å². The molecule has 0 aliphatic carbocycles. The third kappa shape index (κ3) is 4.27. The number of amides is 1. The van der Waals surface area contributed by atoms with Gasteiger partial charge >= 0.3 is 0 Å². The second-order valence-corrected chi connectivity index (χ2v) is 5.37. The van der Waals surface area contributed by atoms with Crippen molar-refractivity contribution in [3.63, 3.8) is 0 Å². The first-order valence-electron chi connectivity index (χ1n) is 5.17. The Kier molecular flexibility index (Phi) is 5.07. The molecular weight excluding hydrogens is 206 g/mol. The highest BCUT2D eigenvalue weighted by Gasteiger charge is 2.09.